The highest BCUT2D eigenvalue weighted by atomic mass is 32.2. The Hall–Kier alpha value is -3.68. The summed E-state index contributed by atoms with van der Waals surface area (Å²) >= 11 is 0. The highest BCUT2D eigenvalue weighted by Gasteiger charge is 2.33. The Kier molecular flexibility index (Phi) is 6.68. The highest BCUT2D eigenvalue weighted by molar-refractivity contribution is 7.89. The summed E-state index contributed by atoms with van der Waals surface area (Å²) in [6.07, 6.45) is 0. The van der Waals surface area contributed by atoms with Crippen molar-refractivity contribution >= 4 is 27.5 Å². The molecule has 2 aromatic carbocycles. The van der Waals surface area contributed by atoms with Gasteiger partial charge in [-0.3, -0.25) is 0 Å². The lowest BCUT2D eigenvalue weighted by atomic mass is 10.2. The van der Waals surface area contributed by atoms with Crippen LogP contribution in [0.1, 0.15) is 18.2 Å². The molecule has 176 valence electrons. The zero-order chi connectivity index (χ0) is 24.3. The second-order valence-corrected chi connectivity index (χ2v) is 10.0. The van der Waals surface area contributed by atoms with E-state index in [1.165, 1.54) is 4.31 Å². The van der Waals surface area contributed by atoms with Gasteiger partial charge in [0.25, 0.3) is 0 Å². The van der Waals surface area contributed by atoms with Gasteiger partial charge >= 0.3 is 0 Å². The SMILES string of the molecule is COc1ccc(S(=O)(=O)N2CCN(c3nc(C)cc(Nc4ccc(C#N)cc4)n3)C(C)C2)cc1. The van der Waals surface area contributed by atoms with E-state index < -0.39 is 10.0 Å². The van der Waals surface area contributed by atoms with Crippen molar-refractivity contribution in [2.45, 2.75) is 24.8 Å². The molecule has 0 amide bonds. The molecule has 0 bridgehead atoms. The van der Waals surface area contributed by atoms with E-state index in [4.69, 9.17) is 10.00 Å². The Morgan fingerprint density at radius 1 is 1.09 bits per heavy atom. The molecule has 0 spiro atoms. The number of anilines is 3. The Bertz CT molecular complexity index is 1300. The van der Waals surface area contributed by atoms with Gasteiger partial charge in [-0.15, -0.1) is 0 Å². The van der Waals surface area contributed by atoms with Crippen LogP contribution in [0.3, 0.4) is 0 Å². The number of hydrogen-bond acceptors (Lipinski definition) is 8. The van der Waals surface area contributed by atoms with Crippen molar-refractivity contribution < 1.29 is 13.2 Å². The van der Waals surface area contributed by atoms with Crippen molar-refractivity contribution in [3.63, 3.8) is 0 Å². The second-order valence-electron chi connectivity index (χ2n) is 8.09. The maximum atomic E-state index is 13.1. The van der Waals surface area contributed by atoms with Crippen molar-refractivity contribution in [1.29, 1.82) is 5.26 Å². The average Bonchev–Trinajstić information content (AvgIpc) is 2.84. The first-order valence-corrected chi connectivity index (χ1v) is 12.3. The first-order valence-electron chi connectivity index (χ1n) is 10.8. The molecule has 0 saturated carbocycles. The second kappa shape index (κ2) is 9.67. The molecule has 1 atom stereocenters. The van der Waals surface area contributed by atoms with Gasteiger partial charge in [0.05, 0.1) is 23.6 Å². The number of piperazine rings is 1. The lowest BCUT2D eigenvalue weighted by Crippen LogP contribution is -2.54. The molecule has 1 aromatic heterocycles. The van der Waals surface area contributed by atoms with Gasteiger partial charge in [0.15, 0.2) is 0 Å². The van der Waals surface area contributed by atoms with E-state index in [1.807, 2.05) is 36.9 Å². The molecule has 1 aliphatic rings. The number of methoxy groups -OCH3 is 1. The minimum Gasteiger partial charge on any atom is -0.497 e. The molecule has 0 radical (unpaired) electrons. The van der Waals surface area contributed by atoms with Crippen LogP contribution in [0.15, 0.2) is 59.5 Å². The van der Waals surface area contributed by atoms with E-state index >= 15 is 0 Å². The van der Waals surface area contributed by atoms with Crippen LogP contribution < -0.4 is 15.0 Å². The number of nitrogens with one attached hydrogen (secondary N) is 1. The summed E-state index contributed by atoms with van der Waals surface area (Å²) in [4.78, 5) is 11.5. The molecule has 10 heteroatoms. The van der Waals surface area contributed by atoms with E-state index in [0.717, 1.165) is 11.4 Å². The number of sulfonamides is 1. The van der Waals surface area contributed by atoms with Crippen molar-refractivity contribution in [2.24, 2.45) is 0 Å². The maximum Gasteiger partial charge on any atom is 0.243 e. The van der Waals surface area contributed by atoms with Crippen LogP contribution in [0.5, 0.6) is 5.75 Å². The normalized spacial score (nSPS) is 16.6. The Morgan fingerprint density at radius 2 is 1.79 bits per heavy atom. The number of hydrogen-bond donors (Lipinski definition) is 1. The molecule has 4 rings (SSSR count). The van der Waals surface area contributed by atoms with Gasteiger partial charge in [-0.05, 0) is 62.4 Å². The summed E-state index contributed by atoms with van der Waals surface area (Å²) in [7, 11) is -2.07. The van der Waals surface area contributed by atoms with Crippen LogP contribution in [0.4, 0.5) is 17.5 Å². The number of aromatic nitrogens is 2. The smallest absolute Gasteiger partial charge is 0.243 e. The van der Waals surface area contributed by atoms with Gasteiger partial charge in [0, 0.05) is 43.1 Å². The molecule has 1 fully saturated rings. The quantitative estimate of drug-likeness (QED) is 0.574. The van der Waals surface area contributed by atoms with Gasteiger partial charge in [0.1, 0.15) is 11.6 Å². The third-order valence-electron chi connectivity index (χ3n) is 5.67. The van der Waals surface area contributed by atoms with Crippen molar-refractivity contribution in [3.8, 4) is 11.8 Å². The third kappa shape index (κ3) is 4.95. The maximum absolute atomic E-state index is 13.1. The Morgan fingerprint density at radius 3 is 2.41 bits per heavy atom. The van der Waals surface area contributed by atoms with Crippen molar-refractivity contribution in [3.05, 3.63) is 65.9 Å². The summed E-state index contributed by atoms with van der Waals surface area (Å²) in [5.41, 5.74) is 2.19. The van der Waals surface area contributed by atoms with Crippen LogP contribution in [-0.2, 0) is 10.0 Å². The summed E-state index contributed by atoms with van der Waals surface area (Å²) in [5, 5.41) is 12.2. The van der Waals surface area contributed by atoms with E-state index in [0.29, 0.717) is 42.7 Å². The van der Waals surface area contributed by atoms with Gasteiger partial charge in [-0.2, -0.15) is 14.6 Å². The van der Waals surface area contributed by atoms with Crippen LogP contribution in [0, 0.1) is 18.3 Å². The number of benzene rings is 2. The molecule has 1 saturated heterocycles. The van der Waals surface area contributed by atoms with Crippen LogP contribution in [0.25, 0.3) is 0 Å². The lowest BCUT2D eigenvalue weighted by molar-refractivity contribution is 0.339. The molecule has 1 aliphatic heterocycles. The molecule has 34 heavy (non-hydrogen) atoms. The van der Waals surface area contributed by atoms with Crippen LogP contribution in [-0.4, -0.2) is 55.5 Å². The number of aryl methyl sites for hydroxylation is 1. The standard InChI is InChI=1S/C24H26N6O3S/c1-17-14-23(27-20-6-4-19(15-25)5-7-20)28-24(26-17)30-13-12-29(16-18(30)2)34(31,32)22-10-8-21(33-3)9-11-22/h4-11,14,18H,12-13,16H2,1-3H3,(H,26,27,28). The van der Waals surface area contributed by atoms with Crippen molar-refractivity contribution in [1.82, 2.24) is 14.3 Å². The first-order chi connectivity index (χ1) is 16.3. The van der Waals surface area contributed by atoms with Gasteiger partial charge < -0.3 is 15.0 Å². The summed E-state index contributed by atoms with van der Waals surface area (Å²) in [6.45, 7) is 4.98. The number of rotatable bonds is 6. The Balaban J connectivity index is 1.50. The van der Waals surface area contributed by atoms with Crippen molar-refractivity contribution in [2.75, 3.05) is 37.0 Å². The molecule has 1 unspecified atom stereocenters. The largest absolute Gasteiger partial charge is 0.497 e. The summed E-state index contributed by atoms with van der Waals surface area (Å²) < 4.78 is 32.9. The molecular weight excluding hydrogens is 452 g/mol. The summed E-state index contributed by atoms with van der Waals surface area (Å²) in [6, 6.07) is 17.4. The predicted octanol–water partition coefficient (Wildman–Crippen LogP) is 3.31. The third-order valence-corrected chi connectivity index (χ3v) is 7.55. The molecule has 3 aromatic rings. The van der Waals surface area contributed by atoms with Gasteiger partial charge in [-0.1, -0.05) is 0 Å². The van der Waals surface area contributed by atoms with Crippen LogP contribution in [0.2, 0.25) is 0 Å². The van der Waals surface area contributed by atoms with Gasteiger partial charge in [-0.25, -0.2) is 13.4 Å². The molecular formula is C24H26N6O3S. The zero-order valence-corrected chi connectivity index (χ0v) is 20.1. The van der Waals surface area contributed by atoms with E-state index in [1.54, 1.807) is 43.5 Å². The Labute approximate surface area is 199 Å². The monoisotopic (exact) mass is 478 g/mol. The average molecular weight is 479 g/mol. The fourth-order valence-electron chi connectivity index (χ4n) is 3.86. The van der Waals surface area contributed by atoms with Gasteiger partial charge in [0.2, 0.25) is 16.0 Å². The fraction of sp³-hybridized carbons (Fsp3) is 0.292. The fourth-order valence-corrected chi connectivity index (χ4v) is 5.37. The molecule has 0 aliphatic carbocycles. The van der Waals surface area contributed by atoms with E-state index in [-0.39, 0.29) is 10.9 Å². The lowest BCUT2D eigenvalue weighted by Gasteiger charge is -2.39. The van der Waals surface area contributed by atoms with E-state index in [2.05, 4.69) is 21.4 Å². The molecule has 2 heterocycles. The number of nitriles is 1. The minimum atomic E-state index is -3.61. The topological polar surface area (TPSA) is 111 Å². The number of nitrogens with zero attached hydrogens (tertiary/aromatic N) is 5. The van der Waals surface area contributed by atoms with E-state index in [9.17, 15) is 8.42 Å². The zero-order valence-electron chi connectivity index (χ0n) is 19.3. The first kappa shape index (κ1) is 23.5. The predicted molar refractivity (Wildman–Crippen MR) is 130 cm³/mol. The summed E-state index contributed by atoms with van der Waals surface area (Å²) in [5.74, 6) is 1.79. The molecule has 1 N–H and O–H groups in total. The van der Waals surface area contributed by atoms with Crippen LogP contribution >= 0.6 is 0 Å². The highest BCUT2D eigenvalue weighted by Crippen LogP contribution is 2.25. The number of ether oxygens (including phenoxy) is 1. The minimum absolute atomic E-state index is 0.119. The molecule has 9 nitrogen and oxygen atoms in total.